The molecule has 1 saturated carbocycles. The van der Waals surface area contributed by atoms with Crippen molar-refractivity contribution in [1.82, 2.24) is 10.2 Å². The minimum atomic E-state index is -0.418. The van der Waals surface area contributed by atoms with Crippen molar-refractivity contribution in [2.24, 2.45) is 11.1 Å². The van der Waals surface area contributed by atoms with Crippen molar-refractivity contribution in [1.29, 1.82) is 0 Å². The molecule has 2 aliphatic rings. The molecule has 2 fully saturated rings. The predicted octanol–water partition coefficient (Wildman–Crippen LogP) is 1.95. The Morgan fingerprint density at radius 2 is 1.65 bits per heavy atom. The van der Waals surface area contributed by atoms with Crippen LogP contribution in [0.3, 0.4) is 0 Å². The maximum absolute atomic E-state index is 12.0. The molecule has 0 bridgehead atoms. The molecule has 20 heavy (non-hydrogen) atoms. The van der Waals surface area contributed by atoms with Crippen LogP contribution in [0.4, 0.5) is 0 Å². The molecule has 1 saturated heterocycles. The number of nitrogens with one attached hydrogen (secondary N) is 1. The van der Waals surface area contributed by atoms with Crippen molar-refractivity contribution in [2.75, 3.05) is 13.1 Å². The third-order valence-electron chi connectivity index (χ3n) is 4.15. The maximum atomic E-state index is 12.0. The van der Waals surface area contributed by atoms with E-state index in [0.29, 0.717) is 6.04 Å². The lowest BCUT2D eigenvalue weighted by Crippen LogP contribution is -2.53. The van der Waals surface area contributed by atoms with Gasteiger partial charge in [-0.15, -0.1) is 24.8 Å². The molecule has 1 amide bonds. The van der Waals surface area contributed by atoms with Gasteiger partial charge in [0.2, 0.25) is 5.91 Å². The Labute approximate surface area is 135 Å². The second-order valence-corrected chi connectivity index (χ2v) is 6.89. The zero-order chi connectivity index (χ0) is 13.3. The molecule has 0 aromatic heterocycles. The molecule has 0 radical (unpaired) electrons. The van der Waals surface area contributed by atoms with Crippen LogP contribution in [0.25, 0.3) is 0 Å². The van der Waals surface area contributed by atoms with E-state index >= 15 is 0 Å². The summed E-state index contributed by atoms with van der Waals surface area (Å²) >= 11 is 0. The minimum absolute atomic E-state index is 0. The van der Waals surface area contributed by atoms with Gasteiger partial charge in [-0.05, 0) is 31.1 Å². The number of carbonyl (C=O) groups is 1. The van der Waals surface area contributed by atoms with E-state index in [1.807, 2.05) is 20.8 Å². The smallest absolute Gasteiger partial charge is 0.237 e. The van der Waals surface area contributed by atoms with Gasteiger partial charge < -0.3 is 16.0 Å². The Balaban J connectivity index is 0.00000180. The zero-order valence-electron chi connectivity index (χ0n) is 12.7. The number of hydrogen-bond donors (Lipinski definition) is 2. The first-order valence-electron chi connectivity index (χ1n) is 7.18. The van der Waals surface area contributed by atoms with Gasteiger partial charge in [0.15, 0.2) is 0 Å². The van der Waals surface area contributed by atoms with Gasteiger partial charge in [0, 0.05) is 25.2 Å². The SMILES string of the molecule is CC(C)(C)[C@H](N)C(=O)NC1CCN(C2CC2)CC1.Cl.Cl. The number of halogens is 2. The number of rotatable bonds is 3. The van der Waals surface area contributed by atoms with Crippen LogP contribution < -0.4 is 11.1 Å². The van der Waals surface area contributed by atoms with Gasteiger partial charge in [-0.25, -0.2) is 0 Å². The number of piperidine rings is 1. The van der Waals surface area contributed by atoms with Gasteiger partial charge in [0.05, 0.1) is 6.04 Å². The number of nitrogens with two attached hydrogens (primary N) is 1. The van der Waals surface area contributed by atoms with E-state index in [2.05, 4.69) is 10.2 Å². The van der Waals surface area contributed by atoms with Crippen molar-refractivity contribution in [3.8, 4) is 0 Å². The molecule has 120 valence electrons. The Bertz CT molecular complexity index is 308. The van der Waals surface area contributed by atoms with Crippen molar-refractivity contribution in [2.45, 2.75) is 64.6 Å². The normalized spacial score (nSPS) is 22.4. The number of likely N-dealkylation sites (tertiary alicyclic amines) is 1. The lowest BCUT2D eigenvalue weighted by atomic mass is 9.86. The monoisotopic (exact) mass is 325 g/mol. The summed E-state index contributed by atoms with van der Waals surface area (Å²) in [6.07, 6.45) is 4.87. The molecule has 0 aromatic carbocycles. The number of nitrogens with zero attached hydrogens (tertiary/aromatic N) is 1. The van der Waals surface area contributed by atoms with Gasteiger partial charge in [0.1, 0.15) is 0 Å². The lowest BCUT2D eigenvalue weighted by molar-refractivity contribution is -0.125. The molecule has 4 nitrogen and oxygen atoms in total. The number of amides is 1. The molecule has 0 aromatic rings. The maximum Gasteiger partial charge on any atom is 0.237 e. The Morgan fingerprint density at radius 1 is 1.15 bits per heavy atom. The van der Waals surface area contributed by atoms with Crippen LogP contribution in [0, 0.1) is 5.41 Å². The third-order valence-corrected chi connectivity index (χ3v) is 4.15. The highest BCUT2D eigenvalue weighted by molar-refractivity contribution is 5.85. The minimum Gasteiger partial charge on any atom is -0.352 e. The van der Waals surface area contributed by atoms with Crippen LogP contribution in [-0.4, -0.2) is 42.0 Å². The summed E-state index contributed by atoms with van der Waals surface area (Å²) in [5.41, 5.74) is 5.81. The third kappa shape index (κ3) is 5.40. The Hall–Kier alpha value is -0.0300. The highest BCUT2D eigenvalue weighted by Crippen LogP contribution is 2.29. The van der Waals surface area contributed by atoms with Crippen LogP contribution in [-0.2, 0) is 4.79 Å². The highest BCUT2D eigenvalue weighted by atomic mass is 35.5. The standard InChI is InChI=1S/C14H27N3O.2ClH/c1-14(2,3)12(15)13(18)16-10-6-8-17(9-7-10)11-4-5-11;;/h10-12H,4-9,15H2,1-3H3,(H,16,18);2*1H/t12-;;/m1../s1. The fraction of sp³-hybridized carbons (Fsp3) is 0.929. The summed E-state index contributed by atoms with van der Waals surface area (Å²) in [6, 6.07) is 0.748. The lowest BCUT2D eigenvalue weighted by Gasteiger charge is -2.34. The molecule has 0 unspecified atom stereocenters. The van der Waals surface area contributed by atoms with Crippen LogP contribution in [0.2, 0.25) is 0 Å². The van der Waals surface area contributed by atoms with Gasteiger partial charge in [-0.1, -0.05) is 20.8 Å². The summed E-state index contributed by atoms with van der Waals surface area (Å²) < 4.78 is 0. The van der Waals surface area contributed by atoms with Crippen LogP contribution in [0.5, 0.6) is 0 Å². The summed E-state index contributed by atoms with van der Waals surface area (Å²) in [7, 11) is 0. The average molecular weight is 326 g/mol. The van der Waals surface area contributed by atoms with E-state index in [0.717, 1.165) is 32.0 Å². The number of hydrogen-bond acceptors (Lipinski definition) is 3. The van der Waals surface area contributed by atoms with E-state index in [4.69, 9.17) is 5.73 Å². The van der Waals surface area contributed by atoms with Crippen LogP contribution in [0.15, 0.2) is 0 Å². The largest absolute Gasteiger partial charge is 0.352 e. The second kappa shape index (κ2) is 7.83. The average Bonchev–Trinajstić information content (AvgIpc) is 3.11. The van der Waals surface area contributed by atoms with Crippen molar-refractivity contribution >= 4 is 30.7 Å². The van der Waals surface area contributed by atoms with Crippen molar-refractivity contribution in [3.63, 3.8) is 0 Å². The number of carbonyl (C=O) groups excluding carboxylic acids is 1. The van der Waals surface area contributed by atoms with E-state index in [9.17, 15) is 4.79 Å². The summed E-state index contributed by atoms with van der Waals surface area (Å²) in [4.78, 5) is 14.6. The van der Waals surface area contributed by atoms with Crippen LogP contribution in [0.1, 0.15) is 46.5 Å². The fourth-order valence-corrected chi connectivity index (χ4v) is 2.53. The van der Waals surface area contributed by atoms with Gasteiger partial charge in [-0.3, -0.25) is 4.79 Å². The molecule has 1 aliphatic heterocycles. The molecule has 1 atom stereocenters. The Kier molecular flexibility index (Phi) is 7.82. The molecular formula is C14H29Cl2N3O. The van der Waals surface area contributed by atoms with E-state index in [1.165, 1.54) is 12.8 Å². The molecule has 1 aliphatic carbocycles. The molecule has 6 heteroatoms. The molecule has 1 heterocycles. The van der Waals surface area contributed by atoms with Gasteiger partial charge in [-0.2, -0.15) is 0 Å². The Morgan fingerprint density at radius 3 is 2.05 bits per heavy atom. The fourth-order valence-electron chi connectivity index (χ4n) is 2.53. The molecular weight excluding hydrogens is 297 g/mol. The van der Waals surface area contributed by atoms with Crippen molar-refractivity contribution < 1.29 is 4.79 Å². The zero-order valence-corrected chi connectivity index (χ0v) is 14.4. The highest BCUT2D eigenvalue weighted by Gasteiger charge is 2.33. The molecule has 3 N–H and O–H groups in total. The first-order valence-corrected chi connectivity index (χ1v) is 7.18. The summed E-state index contributed by atoms with van der Waals surface area (Å²) in [6.45, 7) is 8.27. The van der Waals surface area contributed by atoms with E-state index in [1.54, 1.807) is 0 Å². The summed E-state index contributed by atoms with van der Waals surface area (Å²) in [5.74, 6) is 0.00683. The van der Waals surface area contributed by atoms with Crippen LogP contribution >= 0.6 is 24.8 Å². The molecule has 0 spiro atoms. The van der Waals surface area contributed by atoms with Gasteiger partial charge >= 0.3 is 0 Å². The second-order valence-electron chi connectivity index (χ2n) is 6.89. The van der Waals surface area contributed by atoms with Crippen molar-refractivity contribution in [3.05, 3.63) is 0 Å². The van der Waals surface area contributed by atoms with Gasteiger partial charge in [0.25, 0.3) is 0 Å². The van der Waals surface area contributed by atoms with E-state index in [-0.39, 0.29) is 36.1 Å². The summed E-state index contributed by atoms with van der Waals surface area (Å²) in [5, 5.41) is 3.11. The quantitative estimate of drug-likeness (QED) is 0.833. The first-order chi connectivity index (χ1) is 8.38. The molecule has 2 rings (SSSR count). The first kappa shape index (κ1) is 20.0. The topological polar surface area (TPSA) is 58.4 Å². The predicted molar refractivity (Wildman–Crippen MR) is 87.7 cm³/mol. The van der Waals surface area contributed by atoms with E-state index < -0.39 is 6.04 Å².